The SMILES string of the molecule is CCc1nc(C(=O)Nc2ccc(C(=O)N(C)C)cc2)n[nH]1. The average molecular weight is 287 g/mol. The van der Waals surface area contributed by atoms with E-state index in [0.29, 0.717) is 23.5 Å². The Hall–Kier alpha value is -2.70. The number of carbonyl (C=O) groups is 2. The second-order valence-electron chi connectivity index (χ2n) is 4.69. The molecule has 0 atom stereocenters. The van der Waals surface area contributed by atoms with Crippen LogP contribution in [0.3, 0.4) is 0 Å². The van der Waals surface area contributed by atoms with Crippen LogP contribution < -0.4 is 5.32 Å². The number of aromatic nitrogens is 3. The maximum absolute atomic E-state index is 11.9. The monoisotopic (exact) mass is 287 g/mol. The zero-order chi connectivity index (χ0) is 15.4. The minimum atomic E-state index is -0.391. The van der Waals surface area contributed by atoms with Gasteiger partial charge in [0.1, 0.15) is 5.82 Å². The van der Waals surface area contributed by atoms with Gasteiger partial charge >= 0.3 is 0 Å². The molecule has 0 bridgehead atoms. The molecule has 2 rings (SSSR count). The Bertz CT molecular complexity index is 646. The molecule has 0 fully saturated rings. The maximum atomic E-state index is 11.9. The van der Waals surface area contributed by atoms with E-state index in [1.807, 2.05) is 6.92 Å². The second kappa shape index (κ2) is 6.17. The number of carbonyl (C=O) groups excluding carboxylic acids is 2. The largest absolute Gasteiger partial charge is 0.345 e. The molecule has 1 heterocycles. The van der Waals surface area contributed by atoms with Crippen molar-refractivity contribution in [2.75, 3.05) is 19.4 Å². The number of rotatable bonds is 4. The lowest BCUT2D eigenvalue weighted by Gasteiger charge is -2.10. The predicted octanol–water partition coefficient (Wildman–Crippen LogP) is 1.32. The molecule has 1 aromatic heterocycles. The van der Waals surface area contributed by atoms with Gasteiger partial charge in [-0.05, 0) is 24.3 Å². The Balaban J connectivity index is 2.06. The number of nitrogens with zero attached hydrogens (tertiary/aromatic N) is 3. The fourth-order valence-corrected chi connectivity index (χ4v) is 1.70. The summed E-state index contributed by atoms with van der Waals surface area (Å²) in [6.45, 7) is 1.92. The Labute approximate surface area is 122 Å². The van der Waals surface area contributed by atoms with E-state index in [0.717, 1.165) is 0 Å². The Morgan fingerprint density at radius 2 is 1.90 bits per heavy atom. The number of nitrogens with one attached hydrogen (secondary N) is 2. The maximum Gasteiger partial charge on any atom is 0.295 e. The molecule has 7 nitrogen and oxygen atoms in total. The van der Waals surface area contributed by atoms with Crippen LogP contribution in [-0.4, -0.2) is 46.0 Å². The molecule has 0 saturated heterocycles. The first-order valence-corrected chi connectivity index (χ1v) is 6.55. The van der Waals surface area contributed by atoms with E-state index in [2.05, 4.69) is 20.5 Å². The zero-order valence-electron chi connectivity index (χ0n) is 12.2. The van der Waals surface area contributed by atoms with Gasteiger partial charge < -0.3 is 10.2 Å². The van der Waals surface area contributed by atoms with Crippen molar-refractivity contribution in [3.63, 3.8) is 0 Å². The molecule has 0 aliphatic carbocycles. The van der Waals surface area contributed by atoms with Crippen LogP contribution in [0.25, 0.3) is 0 Å². The molecule has 0 spiro atoms. The third-order valence-electron chi connectivity index (χ3n) is 2.87. The third-order valence-corrected chi connectivity index (χ3v) is 2.87. The molecule has 21 heavy (non-hydrogen) atoms. The van der Waals surface area contributed by atoms with Crippen LogP contribution in [0.5, 0.6) is 0 Å². The first-order chi connectivity index (χ1) is 10.0. The van der Waals surface area contributed by atoms with Crippen molar-refractivity contribution in [3.05, 3.63) is 41.5 Å². The van der Waals surface area contributed by atoms with Crippen LogP contribution in [0.4, 0.5) is 5.69 Å². The lowest BCUT2D eigenvalue weighted by Crippen LogP contribution is -2.21. The number of aromatic amines is 1. The normalized spacial score (nSPS) is 10.2. The van der Waals surface area contributed by atoms with Crippen molar-refractivity contribution in [1.82, 2.24) is 20.1 Å². The van der Waals surface area contributed by atoms with Crippen LogP contribution in [0, 0.1) is 0 Å². The Kier molecular flexibility index (Phi) is 4.32. The molecule has 110 valence electrons. The average Bonchev–Trinajstić information content (AvgIpc) is 2.96. The van der Waals surface area contributed by atoms with Crippen molar-refractivity contribution in [1.29, 1.82) is 0 Å². The number of benzene rings is 1. The van der Waals surface area contributed by atoms with Gasteiger partial charge in [-0.1, -0.05) is 6.92 Å². The summed E-state index contributed by atoms with van der Waals surface area (Å²) in [4.78, 5) is 29.2. The minimum Gasteiger partial charge on any atom is -0.345 e. The van der Waals surface area contributed by atoms with Crippen LogP contribution in [0.15, 0.2) is 24.3 Å². The van der Waals surface area contributed by atoms with Crippen molar-refractivity contribution in [2.45, 2.75) is 13.3 Å². The van der Waals surface area contributed by atoms with E-state index >= 15 is 0 Å². The van der Waals surface area contributed by atoms with Gasteiger partial charge in [0.25, 0.3) is 11.8 Å². The number of hydrogen-bond acceptors (Lipinski definition) is 4. The van der Waals surface area contributed by atoms with Crippen LogP contribution in [0.1, 0.15) is 33.7 Å². The van der Waals surface area contributed by atoms with E-state index < -0.39 is 5.91 Å². The van der Waals surface area contributed by atoms with Gasteiger partial charge in [-0.2, -0.15) is 0 Å². The molecule has 1 aromatic carbocycles. The molecule has 2 N–H and O–H groups in total. The fraction of sp³-hybridized carbons (Fsp3) is 0.286. The lowest BCUT2D eigenvalue weighted by molar-refractivity contribution is 0.0827. The summed E-state index contributed by atoms with van der Waals surface area (Å²) in [7, 11) is 3.37. The van der Waals surface area contributed by atoms with Crippen molar-refractivity contribution < 1.29 is 9.59 Å². The highest BCUT2D eigenvalue weighted by Gasteiger charge is 2.13. The molecule has 2 amide bonds. The van der Waals surface area contributed by atoms with E-state index in [1.54, 1.807) is 38.4 Å². The number of hydrogen-bond donors (Lipinski definition) is 2. The summed E-state index contributed by atoms with van der Waals surface area (Å²) in [5.74, 6) is 0.277. The number of amides is 2. The molecule has 7 heteroatoms. The highest BCUT2D eigenvalue weighted by atomic mass is 16.2. The van der Waals surface area contributed by atoms with Gasteiger partial charge in [0.2, 0.25) is 5.82 Å². The minimum absolute atomic E-state index is 0.0885. The number of anilines is 1. The van der Waals surface area contributed by atoms with Crippen molar-refractivity contribution in [2.24, 2.45) is 0 Å². The van der Waals surface area contributed by atoms with E-state index in [9.17, 15) is 9.59 Å². The highest BCUT2D eigenvalue weighted by molar-refractivity contribution is 6.02. The molecular formula is C14H17N5O2. The van der Waals surface area contributed by atoms with Crippen LogP contribution in [0.2, 0.25) is 0 Å². The third kappa shape index (κ3) is 3.44. The summed E-state index contributed by atoms with van der Waals surface area (Å²) >= 11 is 0. The molecule has 0 radical (unpaired) electrons. The highest BCUT2D eigenvalue weighted by Crippen LogP contribution is 2.11. The number of H-pyrrole nitrogens is 1. The van der Waals surface area contributed by atoms with Gasteiger partial charge in [-0.3, -0.25) is 14.7 Å². The first kappa shape index (κ1) is 14.7. The smallest absolute Gasteiger partial charge is 0.295 e. The van der Waals surface area contributed by atoms with Crippen LogP contribution >= 0.6 is 0 Å². The molecule has 2 aromatic rings. The molecule has 0 unspecified atom stereocenters. The van der Waals surface area contributed by atoms with Crippen molar-refractivity contribution in [3.8, 4) is 0 Å². The molecule has 0 aliphatic heterocycles. The van der Waals surface area contributed by atoms with Gasteiger partial charge in [0.15, 0.2) is 0 Å². The molecular weight excluding hydrogens is 270 g/mol. The zero-order valence-corrected chi connectivity index (χ0v) is 12.2. The Morgan fingerprint density at radius 3 is 2.43 bits per heavy atom. The summed E-state index contributed by atoms with van der Waals surface area (Å²) < 4.78 is 0. The van der Waals surface area contributed by atoms with E-state index in [4.69, 9.17) is 0 Å². The summed E-state index contributed by atoms with van der Waals surface area (Å²) in [5, 5.41) is 9.21. The van der Waals surface area contributed by atoms with Gasteiger partial charge in [-0.25, -0.2) is 4.98 Å². The predicted molar refractivity (Wildman–Crippen MR) is 78.2 cm³/mol. The van der Waals surface area contributed by atoms with Gasteiger partial charge in [0.05, 0.1) is 0 Å². The summed E-state index contributed by atoms with van der Waals surface area (Å²) in [6.07, 6.45) is 0.682. The van der Waals surface area contributed by atoms with E-state index in [-0.39, 0.29) is 11.7 Å². The van der Waals surface area contributed by atoms with E-state index in [1.165, 1.54) is 4.90 Å². The topological polar surface area (TPSA) is 91.0 Å². The quantitative estimate of drug-likeness (QED) is 0.887. The summed E-state index contributed by atoms with van der Waals surface area (Å²) in [6, 6.07) is 6.66. The lowest BCUT2D eigenvalue weighted by atomic mass is 10.2. The second-order valence-corrected chi connectivity index (χ2v) is 4.69. The number of aryl methyl sites for hydroxylation is 1. The van der Waals surface area contributed by atoms with Crippen LogP contribution in [-0.2, 0) is 6.42 Å². The Morgan fingerprint density at radius 1 is 1.24 bits per heavy atom. The van der Waals surface area contributed by atoms with Gasteiger partial charge in [0, 0.05) is 31.8 Å². The van der Waals surface area contributed by atoms with Gasteiger partial charge in [-0.15, -0.1) is 5.10 Å². The standard InChI is InChI=1S/C14H17N5O2/c1-4-11-16-12(18-17-11)13(20)15-10-7-5-9(6-8-10)14(21)19(2)3/h5-8H,4H2,1-3H3,(H,15,20)(H,16,17,18). The molecule has 0 saturated carbocycles. The molecule has 0 aliphatic rings. The van der Waals surface area contributed by atoms with Crippen molar-refractivity contribution >= 4 is 17.5 Å². The first-order valence-electron chi connectivity index (χ1n) is 6.55. The fourth-order valence-electron chi connectivity index (χ4n) is 1.70. The summed E-state index contributed by atoms with van der Waals surface area (Å²) in [5.41, 5.74) is 1.14.